The lowest BCUT2D eigenvalue weighted by atomic mass is 10.1. The highest BCUT2D eigenvalue weighted by atomic mass is 32.2. The second kappa shape index (κ2) is 6.24. The van der Waals surface area contributed by atoms with Gasteiger partial charge in [-0.3, -0.25) is 4.79 Å². The largest absolute Gasteiger partial charge is 0.346 e. The first kappa shape index (κ1) is 16.4. The van der Waals surface area contributed by atoms with Crippen LogP contribution in [-0.2, 0) is 21.1 Å². The summed E-state index contributed by atoms with van der Waals surface area (Å²) in [6, 6.07) is 6.10. The monoisotopic (exact) mass is 356 g/mol. The predicted molar refractivity (Wildman–Crippen MR) is 88.7 cm³/mol. The Balaban J connectivity index is 1.77. The lowest BCUT2D eigenvalue weighted by Crippen LogP contribution is -2.39. The van der Waals surface area contributed by atoms with Crippen molar-refractivity contribution in [2.45, 2.75) is 24.6 Å². The first-order valence-corrected chi connectivity index (χ1v) is 10.0. The van der Waals surface area contributed by atoms with Gasteiger partial charge in [0.05, 0.1) is 17.5 Å². The van der Waals surface area contributed by atoms with Crippen molar-refractivity contribution in [1.29, 1.82) is 0 Å². The molecule has 0 N–H and O–H groups in total. The van der Waals surface area contributed by atoms with E-state index in [4.69, 9.17) is 0 Å². The molecule has 8 heteroatoms. The van der Waals surface area contributed by atoms with Crippen LogP contribution < -0.4 is 0 Å². The molecule has 2 aliphatic heterocycles. The van der Waals surface area contributed by atoms with E-state index in [1.165, 1.54) is 30.8 Å². The molecule has 0 radical (unpaired) electrons. The van der Waals surface area contributed by atoms with Gasteiger partial charge in [-0.2, -0.15) is 4.99 Å². The minimum absolute atomic E-state index is 0.0636. The van der Waals surface area contributed by atoms with Crippen LogP contribution in [0.2, 0.25) is 0 Å². The van der Waals surface area contributed by atoms with Crippen molar-refractivity contribution in [3.63, 3.8) is 0 Å². The molecule has 1 aromatic rings. The number of halogens is 1. The number of nitrogens with zero attached hydrogens (tertiary/aromatic N) is 2. The molecule has 1 amide bonds. The lowest BCUT2D eigenvalue weighted by molar-refractivity contribution is -0.115. The highest BCUT2D eigenvalue weighted by Crippen LogP contribution is 2.38. The van der Waals surface area contributed by atoms with Crippen LogP contribution in [0.3, 0.4) is 0 Å². The van der Waals surface area contributed by atoms with Crippen molar-refractivity contribution < 1.29 is 17.6 Å². The number of benzene rings is 1. The molecule has 2 aliphatic rings. The van der Waals surface area contributed by atoms with Gasteiger partial charge in [-0.1, -0.05) is 23.9 Å². The number of sulfone groups is 1. The first-order valence-electron chi connectivity index (χ1n) is 7.31. The number of amides is 1. The standard InChI is InChI=1S/C15H17FN2O3S2/c1-10(19)17-15-18(7-6-11-2-4-12(16)5-3-11)13-8-23(20,21)9-14(13)22-15/h2-5,13-14H,6-9H2,1H3/t13-,14-/m1/s1. The Morgan fingerprint density at radius 2 is 2.04 bits per heavy atom. The smallest absolute Gasteiger partial charge is 0.244 e. The average Bonchev–Trinajstić information content (AvgIpc) is 2.89. The zero-order valence-electron chi connectivity index (χ0n) is 12.6. The van der Waals surface area contributed by atoms with Crippen LogP contribution in [0.4, 0.5) is 4.39 Å². The Kier molecular flexibility index (Phi) is 4.46. The van der Waals surface area contributed by atoms with Crippen LogP contribution in [0.15, 0.2) is 29.3 Å². The SMILES string of the molecule is CC(=O)N=C1S[C@@H]2CS(=O)(=O)C[C@H]2N1CCc1ccc(F)cc1. The molecule has 0 aromatic heterocycles. The van der Waals surface area contributed by atoms with Gasteiger partial charge >= 0.3 is 0 Å². The van der Waals surface area contributed by atoms with E-state index in [0.717, 1.165) is 5.56 Å². The Morgan fingerprint density at radius 1 is 1.35 bits per heavy atom. The molecule has 23 heavy (non-hydrogen) atoms. The lowest BCUT2D eigenvalue weighted by Gasteiger charge is -2.24. The molecule has 5 nitrogen and oxygen atoms in total. The Morgan fingerprint density at radius 3 is 2.70 bits per heavy atom. The minimum atomic E-state index is -3.03. The van der Waals surface area contributed by atoms with Crippen molar-refractivity contribution in [2.24, 2.45) is 4.99 Å². The highest BCUT2D eigenvalue weighted by molar-refractivity contribution is 8.15. The topological polar surface area (TPSA) is 66.8 Å². The van der Waals surface area contributed by atoms with Crippen LogP contribution in [0.1, 0.15) is 12.5 Å². The molecule has 2 atom stereocenters. The second-order valence-electron chi connectivity index (χ2n) is 5.78. The van der Waals surface area contributed by atoms with Crippen molar-refractivity contribution in [1.82, 2.24) is 4.90 Å². The van der Waals surface area contributed by atoms with Crippen LogP contribution in [0.5, 0.6) is 0 Å². The van der Waals surface area contributed by atoms with Crippen molar-refractivity contribution in [3.8, 4) is 0 Å². The fourth-order valence-corrected chi connectivity index (χ4v) is 6.95. The molecule has 124 valence electrons. The third-order valence-electron chi connectivity index (χ3n) is 3.98. The summed E-state index contributed by atoms with van der Waals surface area (Å²) in [5.41, 5.74) is 0.961. The predicted octanol–water partition coefficient (Wildman–Crippen LogP) is 1.49. The third-order valence-corrected chi connectivity index (χ3v) is 7.23. The summed E-state index contributed by atoms with van der Waals surface area (Å²) >= 11 is 1.37. The highest BCUT2D eigenvalue weighted by Gasteiger charge is 2.48. The number of carbonyl (C=O) groups is 1. The number of thioether (sulfide) groups is 1. The fraction of sp³-hybridized carbons (Fsp3) is 0.467. The maximum Gasteiger partial charge on any atom is 0.244 e. The van der Waals surface area contributed by atoms with E-state index >= 15 is 0 Å². The number of fused-ring (bicyclic) bond motifs is 1. The van der Waals surface area contributed by atoms with Gasteiger partial charge in [0, 0.05) is 18.7 Å². The van der Waals surface area contributed by atoms with Crippen LogP contribution in [0.25, 0.3) is 0 Å². The molecular formula is C15H17FN2O3S2. The fourth-order valence-electron chi connectivity index (χ4n) is 2.93. The van der Waals surface area contributed by atoms with Crippen LogP contribution in [-0.4, -0.2) is 53.7 Å². The summed E-state index contributed by atoms with van der Waals surface area (Å²) < 4.78 is 36.6. The van der Waals surface area contributed by atoms with Gasteiger partial charge in [-0.05, 0) is 24.1 Å². The molecule has 0 bridgehead atoms. The summed E-state index contributed by atoms with van der Waals surface area (Å²) in [6.45, 7) is 1.94. The average molecular weight is 356 g/mol. The van der Waals surface area contributed by atoms with Gasteiger partial charge in [0.1, 0.15) is 5.82 Å². The van der Waals surface area contributed by atoms with Crippen molar-refractivity contribution >= 4 is 32.7 Å². The molecule has 2 saturated heterocycles. The molecule has 2 heterocycles. The maximum absolute atomic E-state index is 13.0. The zero-order valence-corrected chi connectivity index (χ0v) is 14.2. The third kappa shape index (κ3) is 3.74. The van der Waals surface area contributed by atoms with Crippen LogP contribution >= 0.6 is 11.8 Å². The van der Waals surface area contributed by atoms with E-state index in [1.807, 2.05) is 4.90 Å². The molecule has 3 rings (SSSR count). The van der Waals surface area contributed by atoms with Crippen molar-refractivity contribution in [2.75, 3.05) is 18.1 Å². The van der Waals surface area contributed by atoms with Gasteiger partial charge in [-0.25, -0.2) is 12.8 Å². The molecule has 0 spiro atoms. The Labute approximate surface area is 138 Å². The number of aliphatic imine (C=N–C) groups is 1. The molecular weight excluding hydrogens is 339 g/mol. The van der Waals surface area contributed by atoms with Gasteiger partial charge in [0.25, 0.3) is 0 Å². The number of amidine groups is 1. The van der Waals surface area contributed by atoms with E-state index in [0.29, 0.717) is 18.1 Å². The number of carbonyl (C=O) groups excluding carboxylic acids is 1. The minimum Gasteiger partial charge on any atom is -0.346 e. The molecule has 1 aromatic carbocycles. The summed E-state index contributed by atoms with van der Waals surface area (Å²) in [7, 11) is -3.03. The van der Waals surface area contributed by atoms with E-state index in [9.17, 15) is 17.6 Å². The van der Waals surface area contributed by atoms with Crippen molar-refractivity contribution in [3.05, 3.63) is 35.6 Å². The zero-order chi connectivity index (χ0) is 16.6. The normalized spacial score (nSPS) is 27.4. The summed E-state index contributed by atoms with van der Waals surface area (Å²) in [5, 5.41) is 0.538. The van der Waals surface area contributed by atoms with E-state index in [1.54, 1.807) is 12.1 Å². The first-order chi connectivity index (χ1) is 10.8. The quantitative estimate of drug-likeness (QED) is 0.821. The molecule has 2 fully saturated rings. The number of hydrogen-bond donors (Lipinski definition) is 0. The Bertz CT molecular complexity index is 746. The maximum atomic E-state index is 13.0. The Hall–Kier alpha value is -1.41. The number of hydrogen-bond acceptors (Lipinski definition) is 4. The summed E-state index contributed by atoms with van der Waals surface area (Å²) in [6.07, 6.45) is 0.640. The molecule has 0 saturated carbocycles. The summed E-state index contributed by atoms with van der Waals surface area (Å²) in [4.78, 5) is 17.3. The van der Waals surface area contributed by atoms with E-state index in [2.05, 4.69) is 4.99 Å². The second-order valence-corrected chi connectivity index (χ2v) is 9.14. The van der Waals surface area contributed by atoms with Gasteiger partial charge in [-0.15, -0.1) is 0 Å². The van der Waals surface area contributed by atoms with Gasteiger partial charge in [0.2, 0.25) is 5.91 Å². The number of rotatable bonds is 3. The van der Waals surface area contributed by atoms with Crippen LogP contribution in [0, 0.1) is 5.82 Å². The van der Waals surface area contributed by atoms with E-state index < -0.39 is 9.84 Å². The molecule has 0 unspecified atom stereocenters. The van der Waals surface area contributed by atoms with E-state index in [-0.39, 0.29) is 34.5 Å². The summed E-state index contributed by atoms with van der Waals surface area (Å²) in [5.74, 6) is -0.342. The molecule has 0 aliphatic carbocycles. The van der Waals surface area contributed by atoms with Gasteiger partial charge in [0.15, 0.2) is 15.0 Å². The van der Waals surface area contributed by atoms with Gasteiger partial charge < -0.3 is 4.90 Å².